The molecule has 13 heteroatoms. The van der Waals surface area contributed by atoms with E-state index in [1.165, 1.54) is 24.3 Å². The van der Waals surface area contributed by atoms with E-state index in [1.807, 2.05) is 30.3 Å². The predicted molar refractivity (Wildman–Crippen MR) is 167 cm³/mol. The number of amides is 1. The first-order valence-electron chi connectivity index (χ1n) is 12.9. The first-order valence-corrected chi connectivity index (χ1v) is 16.2. The summed E-state index contributed by atoms with van der Waals surface area (Å²) in [6.07, 6.45) is 0.976. The number of nitrogens with one attached hydrogen (secondary N) is 2. The van der Waals surface area contributed by atoms with Crippen molar-refractivity contribution in [2.75, 3.05) is 21.8 Å². The molecule has 0 spiro atoms. The van der Waals surface area contributed by atoms with Crippen LogP contribution in [0.1, 0.15) is 11.1 Å². The number of rotatable bonds is 10. The Labute approximate surface area is 248 Å². The monoisotopic (exact) mass is 617 g/mol. The highest BCUT2D eigenvalue weighted by Crippen LogP contribution is 2.34. The lowest BCUT2D eigenvalue weighted by molar-refractivity contribution is -0.116. The Morgan fingerprint density at radius 2 is 1.53 bits per heavy atom. The van der Waals surface area contributed by atoms with Gasteiger partial charge >= 0.3 is 0 Å². The van der Waals surface area contributed by atoms with Gasteiger partial charge in [0.25, 0.3) is 10.0 Å². The van der Waals surface area contributed by atoms with Crippen LogP contribution < -0.4 is 14.8 Å². The van der Waals surface area contributed by atoms with Gasteiger partial charge in [-0.15, -0.1) is 0 Å². The minimum absolute atomic E-state index is 0.104. The number of H-pyrrole nitrogens is 1. The smallest absolute Gasteiger partial charge is 0.261 e. The maximum atomic E-state index is 13.0. The van der Waals surface area contributed by atoms with Crippen molar-refractivity contribution in [2.45, 2.75) is 4.90 Å². The van der Waals surface area contributed by atoms with Gasteiger partial charge in [-0.3, -0.25) is 13.8 Å². The molecule has 4 aromatic carbocycles. The molecule has 0 unspecified atom stereocenters. The van der Waals surface area contributed by atoms with Gasteiger partial charge in [0.1, 0.15) is 6.54 Å². The van der Waals surface area contributed by atoms with Crippen LogP contribution in [0.2, 0.25) is 0 Å². The number of aromatic amines is 1. The second kappa shape index (κ2) is 11.6. The molecule has 0 saturated heterocycles. The largest absolute Gasteiger partial charge is 0.494 e. The Hall–Kier alpha value is -5.14. The molecular formula is C30H27N5O6S2. The van der Waals surface area contributed by atoms with E-state index in [2.05, 4.69) is 9.71 Å². The molecule has 1 amide bonds. The van der Waals surface area contributed by atoms with Crippen LogP contribution in [0.25, 0.3) is 10.9 Å². The molecule has 0 aliphatic rings. The molecule has 11 nitrogen and oxygen atoms in total. The van der Waals surface area contributed by atoms with E-state index in [1.54, 1.807) is 48.5 Å². The summed E-state index contributed by atoms with van der Waals surface area (Å²) in [5.74, 6) is -0.985. The highest BCUT2D eigenvalue weighted by Gasteiger charge is 2.22. The van der Waals surface area contributed by atoms with E-state index in [4.69, 9.17) is 10.7 Å². The van der Waals surface area contributed by atoms with E-state index >= 15 is 0 Å². The molecule has 5 rings (SSSR count). The van der Waals surface area contributed by atoms with Crippen molar-refractivity contribution in [3.63, 3.8) is 0 Å². The fourth-order valence-corrected chi connectivity index (χ4v) is 6.46. The lowest BCUT2D eigenvalue weighted by atomic mass is 10.0. The van der Waals surface area contributed by atoms with Crippen LogP contribution in [0.3, 0.4) is 0 Å². The number of fused-ring (bicyclic) bond motifs is 1. The average Bonchev–Trinajstić information content (AvgIpc) is 3.30. The third-order valence-electron chi connectivity index (χ3n) is 6.45. The van der Waals surface area contributed by atoms with Crippen molar-refractivity contribution >= 4 is 59.6 Å². The van der Waals surface area contributed by atoms with Crippen LogP contribution in [0, 0.1) is 0 Å². The third kappa shape index (κ3) is 6.52. The van der Waals surface area contributed by atoms with Crippen LogP contribution in [0.15, 0.2) is 113 Å². The Balaban J connectivity index is 1.60. The molecule has 0 aliphatic carbocycles. The molecule has 220 valence electrons. The van der Waals surface area contributed by atoms with Crippen LogP contribution in [0.5, 0.6) is 5.88 Å². The lowest BCUT2D eigenvalue weighted by Crippen LogP contribution is -2.37. The minimum atomic E-state index is -3.87. The SMILES string of the molecule is CS(=O)(=O)N(CC(N)=O)c1ccc(N=C(c2ccccc2)c2c(O)[nH]c3ccc(NS(=O)(=O)c4ccccc4)cc23)cc1. The molecule has 0 fully saturated rings. The van der Waals surface area contributed by atoms with Crippen LogP contribution >= 0.6 is 0 Å². The molecule has 5 aromatic rings. The van der Waals surface area contributed by atoms with Gasteiger partial charge in [0.05, 0.1) is 33.8 Å². The maximum absolute atomic E-state index is 13.0. The van der Waals surface area contributed by atoms with Gasteiger partial charge in [0, 0.05) is 22.2 Å². The van der Waals surface area contributed by atoms with Gasteiger partial charge in [-0.05, 0) is 54.6 Å². The van der Waals surface area contributed by atoms with E-state index < -0.39 is 32.5 Å². The number of sulfonamides is 2. The topological polar surface area (TPSA) is 175 Å². The Bertz CT molecular complexity index is 2040. The second-order valence-corrected chi connectivity index (χ2v) is 13.2. The number of carbonyl (C=O) groups excluding carboxylic acids is 1. The second-order valence-electron chi connectivity index (χ2n) is 9.61. The molecular weight excluding hydrogens is 590 g/mol. The summed E-state index contributed by atoms with van der Waals surface area (Å²) in [6.45, 7) is -0.518. The van der Waals surface area contributed by atoms with E-state index in [-0.39, 0.29) is 22.2 Å². The number of benzene rings is 4. The molecule has 0 aliphatic heterocycles. The van der Waals surface area contributed by atoms with E-state index in [0.717, 1.165) is 10.6 Å². The number of anilines is 2. The van der Waals surface area contributed by atoms with E-state index in [9.17, 15) is 26.7 Å². The minimum Gasteiger partial charge on any atom is -0.494 e. The fourth-order valence-electron chi connectivity index (χ4n) is 4.52. The highest BCUT2D eigenvalue weighted by molar-refractivity contribution is 7.92. The number of nitrogens with two attached hydrogens (primary N) is 1. The molecule has 1 aromatic heterocycles. The summed E-state index contributed by atoms with van der Waals surface area (Å²) >= 11 is 0. The number of aromatic hydroxyl groups is 1. The van der Waals surface area contributed by atoms with Crippen molar-refractivity contribution in [3.8, 4) is 5.88 Å². The van der Waals surface area contributed by atoms with Crippen molar-refractivity contribution in [3.05, 3.63) is 114 Å². The summed E-state index contributed by atoms with van der Waals surface area (Å²) < 4.78 is 53.9. The van der Waals surface area contributed by atoms with Crippen molar-refractivity contribution in [1.82, 2.24) is 4.98 Å². The summed E-state index contributed by atoms with van der Waals surface area (Å²) in [5.41, 5.74) is 8.08. The van der Waals surface area contributed by atoms with Crippen LogP contribution in [-0.4, -0.2) is 51.3 Å². The lowest BCUT2D eigenvalue weighted by Gasteiger charge is -2.20. The van der Waals surface area contributed by atoms with Crippen molar-refractivity contribution in [2.24, 2.45) is 10.7 Å². The van der Waals surface area contributed by atoms with Crippen molar-refractivity contribution in [1.29, 1.82) is 0 Å². The first-order chi connectivity index (χ1) is 20.4. The van der Waals surface area contributed by atoms with Gasteiger partial charge in [0.15, 0.2) is 5.88 Å². The van der Waals surface area contributed by atoms with Crippen LogP contribution in [0.4, 0.5) is 17.1 Å². The molecule has 0 atom stereocenters. The quantitative estimate of drug-likeness (QED) is 0.172. The average molecular weight is 618 g/mol. The van der Waals surface area contributed by atoms with Gasteiger partial charge in [-0.2, -0.15) is 0 Å². The highest BCUT2D eigenvalue weighted by atomic mass is 32.2. The predicted octanol–water partition coefficient (Wildman–Crippen LogP) is 4.09. The Kier molecular flexibility index (Phi) is 7.93. The number of aliphatic imine (C=N–C) groups is 1. The van der Waals surface area contributed by atoms with Gasteiger partial charge in [-0.25, -0.2) is 21.8 Å². The Morgan fingerprint density at radius 1 is 0.907 bits per heavy atom. The molecule has 5 N–H and O–H groups in total. The fraction of sp³-hybridized carbons (Fsp3) is 0.0667. The third-order valence-corrected chi connectivity index (χ3v) is 8.98. The number of primary amides is 1. The number of aromatic nitrogens is 1. The number of carbonyl (C=O) groups is 1. The summed E-state index contributed by atoms with van der Waals surface area (Å²) in [7, 11) is -7.65. The number of hydrogen-bond donors (Lipinski definition) is 4. The number of nitrogens with zero attached hydrogens (tertiary/aromatic N) is 2. The zero-order valence-electron chi connectivity index (χ0n) is 22.8. The first kappa shape index (κ1) is 29.4. The zero-order valence-corrected chi connectivity index (χ0v) is 24.4. The molecule has 1 heterocycles. The summed E-state index contributed by atoms with van der Waals surface area (Å²) in [5, 5.41) is 11.6. The molecule has 0 bridgehead atoms. The summed E-state index contributed by atoms with van der Waals surface area (Å²) in [6, 6.07) is 28.0. The molecule has 43 heavy (non-hydrogen) atoms. The Morgan fingerprint density at radius 3 is 2.14 bits per heavy atom. The van der Waals surface area contributed by atoms with Crippen LogP contribution in [-0.2, 0) is 24.8 Å². The maximum Gasteiger partial charge on any atom is 0.261 e. The normalized spacial score (nSPS) is 12.3. The standard InChI is InChI=1S/C30H27N5O6S2/c1-42(38,39)35(19-27(31)36)23-15-12-21(13-16-23)32-29(20-8-4-2-5-9-20)28-25-18-22(14-17-26(25)33-30(28)37)34-43(40,41)24-10-6-3-7-11-24/h2-18,33-34,37H,19H2,1H3,(H2,31,36). The van der Waals surface area contributed by atoms with Gasteiger partial charge in [0.2, 0.25) is 15.9 Å². The van der Waals surface area contributed by atoms with Gasteiger partial charge < -0.3 is 15.8 Å². The van der Waals surface area contributed by atoms with E-state index in [0.29, 0.717) is 33.4 Å². The van der Waals surface area contributed by atoms with Gasteiger partial charge in [-0.1, -0.05) is 48.5 Å². The molecule has 0 saturated carbocycles. The zero-order chi connectivity index (χ0) is 30.8. The summed E-state index contributed by atoms with van der Waals surface area (Å²) in [4.78, 5) is 19.3. The number of hydrogen-bond acceptors (Lipinski definition) is 7. The van der Waals surface area contributed by atoms with Crippen molar-refractivity contribution < 1.29 is 26.7 Å². The molecule has 0 radical (unpaired) electrons.